The van der Waals surface area contributed by atoms with Crippen LogP contribution in [0.15, 0.2) is 30.7 Å². The van der Waals surface area contributed by atoms with E-state index in [1.54, 1.807) is 6.20 Å². The van der Waals surface area contributed by atoms with Crippen molar-refractivity contribution in [1.82, 2.24) is 14.8 Å². The topological polar surface area (TPSA) is 85.9 Å². The normalized spacial score (nSPS) is 10.3. The van der Waals surface area contributed by atoms with Gasteiger partial charge in [-0.2, -0.15) is 5.10 Å². The molecule has 18 heavy (non-hydrogen) atoms. The Kier molecular flexibility index (Phi) is 3.52. The summed E-state index contributed by atoms with van der Waals surface area (Å²) in [4.78, 5) is 14.3. The van der Waals surface area contributed by atoms with E-state index in [2.05, 4.69) is 15.4 Å². The van der Waals surface area contributed by atoms with Gasteiger partial charge in [0, 0.05) is 18.4 Å². The number of nitro groups is 1. The Morgan fingerprint density at radius 1 is 1.56 bits per heavy atom. The van der Waals surface area contributed by atoms with Gasteiger partial charge in [0.05, 0.1) is 17.2 Å². The van der Waals surface area contributed by atoms with Gasteiger partial charge in [0.25, 0.3) is 0 Å². The van der Waals surface area contributed by atoms with Crippen LogP contribution >= 0.6 is 0 Å². The van der Waals surface area contributed by atoms with Crippen molar-refractivity contribution in [3.63, 3.8) is 0 Å². The SMILES string of the molecule is CCNc1ccnc(Cn2cc([N+](=O)[O-])cn2)c1. The molecule has 7 heteroatoms. The van der Waals surface area contributed by atoms with E-state index in [4.69, 9.17) is 0 Å². The summed E-state index contributed by atoms with van der Waals surface area (Å²) in [5.41, 5.74) is 1.76. The van der Waals surface area contributed by atoms with Crippen LogP contribution in [0.25, 0.3) is 0 Å². The highest BCUT2D eigenvalue weighted by molar-refractivity contribution is 5.43. The van der Waals surface area contributed by atoms with Crippen LogP contribution in [-0.2, 0) is 6.54 Å². The fraction of sp³-hybridized carbons (Fsp3) is 0.273. The maximum Gasteiger partial charge on any atom is 0.307 e. The highest BCUT2D eigenvalue weighted by Crippen LogP contribution is 2.11. The largest absolute Gasteiger partial charge is 0.385 e. The van der Waals surface area contributed by atoms with E-state index in [9.17, 15) is 10.1 Å². The molecule has 0 amide bonds. The monoisotopic (exact) mass is 247 g/mol. The second kappa shape index (κ2) is 5.26. The van der Waals surface area contributed by atoms with E-state index >= 15 is 0 Å². The highest BCUT2D eigenvalue weighted by atomic mass is 16.6. The minimum Gasteiger partial charge on any atom is -0.385 e. The zero-order valence-corrected chi connectivity index (χ0v) is 9.91. The molecule has 0 fully saturated rings. The summed E-state index contributed by atoms with van der Waals surface area (Å²) >= 11 is 0. The highest BCUT2D eigenvalue weighted by Gasteiger charge is 2.09. The number of nitrogens with zero attached hydrogens (tertiary/aromatic N) is 4. The zero-order valence-electron chi connectivity index (χ0n) is 9.91. The summed E-state index contributed by atoms with van der Waals surface area (Å²) in [5, 5.41) is 17.6. The number of pyridine rings is 1. The molecule has 94 valence electrons. The average molecular weight is 247 g/mol. The smallest absolute Gasteiger partial charge is 0.307 e. The number of hydrogen-bond donors (Lipinski definition) is 1. The number of nitrogens with one attached hydrogen (secondary N) is 1. The third kappa shape index (κ3) is 2.82. The lowest BCUT2D eigenvalue weighted by atomic mass is 10.3. The van der Waals surface area contributed by atoms with Crippen molar-refractivity contribution < 1.29 is 4.92 Å². The van der Waals surface area contributed by atoms with Crippen molar-refractivity contribution in [3.05, 3.63) is 46.5 Å². The summed E-state index contributed by atoms with van der Waals surface area (Å²) in [6.45, 7) is 3.25. The van der Waals surface area contributed by atoms with Crippen LogP contribution in [0.2, 0.25) is 0 Å². The molecule has 0 aliphatic carbocycles. The average Bonchev–Trinajstić information content (AvgIpc) is 2.78. The quantitative estimate of drug-likeness (QED) is 0.641. The molecular weight excluding hydrogens is 234 g/mol. The fourth-order valence-electron chi connectivity index (χ4n) is 1.58. The van der Waals surface area contributed by atoms with Crippen molar-refractivity contribution in [1.29, 1.82) is 0 Å². The molecule has 0 unspecified atom stereocenters. The van der Waals surface area contributed by atoms with Crippen LogP contribution in [0.1, 0.15) is 12.6 Å². The molecule has 0 aliphatic rings. The summed E-state index contributed by atoms with van der Waals surface area (Å²) in [5.74, 6) is 0. The first-order valence-corrected chi connectivity index (χ1v) is 5.54. The van der Waals surface area contributed by atoms with Crippen molar-refractivity contribution in [3.8, 4) is 0 Å². The predicted octanol–water partition coefficient (Wildman–Crippen LogP) is 1.67. The molecular formula is C11H13N5O2. The minimum atomic E-state index is -0.466. The van der Waals surface area contributed by atoms with E-state index in [1.807, 2.05) is 19.1 Å². The van der Waals surface area contributed by atoms with Crippen LogP contribution in [0.5, 0.6) is 0 Å². The molecule has 0 saturated carbocycles. The molecule has 2 aromatic rings. The molecule has 0 atom stereocenters. The summed E-state index contributed by atoms with van der Waals surface area (Å²) in [6.07, 6.45) is 4.32. The van der Waals surface area contributed by atoms with Crippen LogP contribution in [0, 0.1) is 10.1 Å². The van der Waals surface area contributed by atoms with Gasteiger partial charge in [-0.1, -0.05) is 0 Å². The Morgan fingerprint density at radius 2 is 2.39 bits per heavy atom. The van der Waals surface area contributed by atoms with Crippen LogP contribution in [0.4, 0.5) is 11.4 Å². The molecule has 2 rings (SSSR count). The molecule has 0 spiro atoms. The van der Waals surface area contributed by atoms with Gasteiger partial charge in [0.15, 0.2) is 0 Å². The van der Waals surface area contributed by atoms with Crippen molar-refractivity contribution in [2.45, 2.75) is 13.5 Å². The Balaban J connectivity index is 2.12. The molecule has 0 saturated heterocycles. The van der Waals surface area contributed by atoms with E-state index in [-0.39, 0.29) is 5.69 Å². The Bertz CT molecular complexity index is 552. The van der Waals surface area contributed by atoms with Gasteiger partial charge in [-0.3, -0.25) is 19.8 Å². The van der Waals surface area contributed by atoms with Gasteiger partial charge in [-0.05, 0) is 19.1 Å². The zero-order chi connectivity index (χ0) is 13.0. The molecule has 2 heterocycles. The fourth-order valence-corrected chi connectivity index (χ4v) is 1.58. The lowest BCUT2D eigenvalue weighted by Crippen LogP contribution is -2.04. The van der Waals surface area contributed by atoms with Gasteiger partial charge in [0.1, 0.15) is 12.4 Å². The standard InChI is InChI=1S/C11H13N5O2/c1-2-12-9-3-4-13-10(5-9)7-15-8-11(6-14-15)16(17)18/h3-6,8H,2,7H2,1H3,(H,12,13). The molecule has 2 aromatic heterocycles. The Morgan fingerprint density at radius 3 is 3.06 bits per heavy atom. The van der Waals surface area contributed by atoms with Crippen molar-refractivity contribution in [2.75, 3.05) is 11.9 Å². The van der Waals surface area contributed by atoms with Crippen LogP contribution in [-0.4, -0.2) is 26.2 Å². The summed E-state index contributed by atoms with van der Waals surface area (Å²) < 4.78 is 1.50. The van der Waals surface area contributed by atoms with Gasteiger partial charge in [-0.25, -0.2) is 0 Å². The van der Waals surface area contributed by atoms with E-state index in [0.29, 0.717) is 6.54 Å². The minimum absolute atomic E-state index is 0.0159. The number of anilines is 1. The number of aromatic nitrogens is 3. The van der Waals surface area contributed by atoms with Crippen molar-refractivity contribution in [2.24, 2.45) is 0 Å². The maximum atomic E-state index is 10.5. The third-order valence-electron chi connectivity index (χ3n) is 2.35. The lowest BCUT2D eigenvalue weighted by molar-refractivity contribution is -0.385. The molecule has 1 N–H and O–H groups in total. The number of hydrogen-bond acceptors (Lipinski definition) is 5. The molecule has 0 aromatic carbocycles. The lowest BCUT2D eigenvalue weighted by Gasteiger charge is -2.05. The van der Waals surface area contributed by atoms with Gasteiger partial charge in [-0.15, -0.1) is 0 Å². The van der Waals surface area contributed by atoms with Crippen LogP contribution < -0.4 is 5.32 Å². The Labute approximate surface area is 104 Å². The first-order valence-electron chi connectivity index (χ1n) is 5.54. The van der Waals surface area contributed by atoms with E-state index < -0.39 is 4.92 Å². The second-order valence-corrected chi connectivity index (χ2v) is 3.72. The number of rotatable bonds is 5. The molecule has 0 bridgehead atoms. The summed E-state index contributed by atoms with van der Waals surface area (Å²) in [7, 11) is 0. The van der Waals surface area contributed by atoms with Crippen LogP contribution in [0.3, 0.4) is 0 Å². The van der Waals surface area contributed by atoms with E-state index in [0.717, 1.165) is 17.9 Å². The molecule has 0 aliphatic heterocycles. The third-order valence-corrected chi connectivity index (χ3v) is 2.35. The van der Waals surface area contributed by atoms with E-state index in [1.165, 1.54) is 17.1 Å². The molecule has 7 nitrogen and oxygen atoms in total. The Hall–Kier alpha value is -2.44. The van der Waals surface area contributed by atoms with Gasteiger partial charge in [0.2, 0.25) is 0 Å². The second-order valence-electron chi connectivity index (χ2n) is 3.72. The maximum absolute atomic E-state index is 10.5. The first-order chi connectivity index (χ1) is 8.69. The van der Waals surface area contributed by atoms with Crippen molar-refractivity contribution >= 4 is 11.4 Å². The summed E-state index contributed by atoms with van der Waals surface area (Å²) in [6, 6.07) is 3.77. The van der Waals surface area contributed by atoms with Gasteiger partial charge >= 0.3 is 5.69 Å². The first kappa shape index (κ1) is 12.0. The predicted molar refractivity (Wildman–Crippen MR) is 66.4 cm³/mol. The molecule has 0 radical (unpaired) electrons. The van der Waals surface area contributed by atoms with Gasteiger partial charge < -0.3 is 5.32 Å².